The van der Waals surface area contributed by atoms with Crippen molar-refractivity contribution in [2.75, 3.05) is 0 Å². The highest BCUT2D eigenvalue weighted by molar-refractivity contribution is 7.90. The molecule has 2 aromatic carbocycles. The fraction of sp³-hybridized carbons (Fsp3) is 0.0714. The molecule has 120 valence electrons. The first-order valence-electron chi connectivity index (χ1n) is 6.28. The first-order chi connectivity index (χ1) is 10.7. The summed E-state index contributed by atoms with van der Waals surface area (Å²) in [5.74, 6) is -1.13. The second kappa shape index (κ2) is 6.35. The molecule has 1 amide bonds. The van der Waals surface area contributed by atoms with Gasteiger partial charge in [-0.15, -0.1) is 0 Å². The zero-order chi connectivity index (χ0) is 17.2. The molecular weight excluding hydrogens is 344 g/mol. The van der Waals surface area contributed by atoms with Crippen molar-refractivity contribution in [1.29, 1.82) is 0 Å². The van der Waals surface area contributed by atoms with Gasteiger partial charge in [0.1, 0.15) is 5.56 Å². The summed E-state index contributed by atoms with van der Waals surface area (Å²) in [5.41, 5.74) is -0.120. The number of amides is 1. The SMILES string of the molecule is Cc1ccc(S(=O)(=O)NC(=O)c2cc(Cl)ccc2[N+](=O)[O-])cc1. The van der Waals surface area contributed by atoms with Crippen LogP contribution in [0.4, 0.5) is 5.69 Å². The van der Waals surface area contributed by atoms with Gasteiger partial charge in [-0.2, -0.15) is 0 Å². The highest BCUT2D eigenvalue weighted by atomic mass is 35.5. The third-order valence-corrected chi connectivity index (χ3v) is 4.54. The minimum absolute atomic E-state index is 0.0773. The van der Waals surface area contributed by atoms with Crippen LogP contribution in [-0.2, 0) is 10.0 Å². The van der Waals surface area contributed by atoms with Crippen LogP contribution < -0.4 is 4.72 Å². The van der Waals surface area contributed by atoms with Gasteiger partial charge >= 0.3 is 0 Å². The van der Waals surface area contributed by atoms with Gasteiger partial charge in [-0.3, -0.25) is 14.9 Å². The van der Waals surface area contributed by atoms with Crippen LogP contribution in [0.2, 0.25) is 5.02 Å². The number of benzene rings is 2. The molecule has 7 nitrogen and oxygen atoms in total. The maximum absolute atomic E-state index is 12.2. The van der Waals surface area contributed by atoms with E-state index in [4.69, 9.17) is 11.6 Å². The summed E-state index contributed by atoms with van der Waals surface area (Å²) in [5, 5.41) is 11.0. The summed E-state index contributed by atoms with van der Waals surface area (Å²) in [6.07, 6.45) is 0. The van der Waals surface area contributed by atoms with E-state index in [9.17, 15) is 23.3 Å². The van der Waals surface area contributed by atoms with E-state index in [-0.39, 0.29) is 9.92 Å². The van der Waals surface area contributed by atoms with Crippen LogP contribution >= 0.6 is 11.6 Å². The van der Waals surface area contributed by atoms with Crippen LogP contribution in [0.3, 0.4) is 0 Å². The number of sulfonamides is 1. The molecule has 0 radical (unpaired) electrons. The number of carbonyl (C=O) groups excluding carboxylic acids is 1. The van der Waals surface area contributed by atoms with Crippen molar-refractivity contribution < 1.29 is 18.1 Å². The van der Waals surface area contributed by atoms with Gasteiger partial charge in [0.25, 0.3) is 21.6 Å². The first kappa shape index (κ1) is 16.9. The second-order valence-corrected chi connectivity index (χ2v) is 6.79. The first-order valence-corrected chi connectivity index (χ1v) is 8.14. The maximum Gasteiger partial charge on any atom is 0.282 e. The number of carbonyl (C=O) groups is 1. The fourth-order valence-electron chi connectivity index (χ4n) is 1.80. The van der Waals surface area contributed by atoms with Crippen molar-refractivity contribution in [2.24, 2.45) is 0 Å². The Hall–Kier alpha value is -2.45. The standard InChI is InChI=1S/C14H11ClN2O5S/c1-9-2-5-11(6-3-9)23(21,22)16-14(18)12-8-10(15)4-7-13(12)17(19)20/h2-8H,1H3,(H,16,18). The number of hydrogen-bond donors (Lipinski definition) is 1. The van der Waals surface area contributed by atoms with Crippen LogP contribution in [0.15, 0.2) is 47.4 Å². The summed E-state index contributed by atoms with van der Waals surface area (Å²) in [6.45, 7) is 1.78. The molecule has 2 rings (SSSR count). The Labute approximate surface area is 137 Å². The minimum atomic E-state index is -4.14. The Balaban J connectivity index is 2.37. The van der Waals surface area contributed by atoms with Crippen LogP contribution in [-0.4, -0.2) is 19.2 Å². The molecule has 0 saturated carbocycles. The second-order valence-electron chi connectivity index (χ2n) is 4.67. The molecule has 9 heteroatoms. The van der Waals surface area contributed by atoms with Crippen molar-refractivity contribution >= 4 is 33.2 Å². The van der Waals surface area contributed by atoms with E-state index < -0.39 is 32.1 Å². The lowest BCUT2D eigenvalue weighted by Gasteiger charge is -2.08. The molecule has 0 bridgehead atoms. The molecule has 0 atom stereocenters. The average Bonchev–Trinajstić information content (AvgIpc) is 2.46. The van der Waals surface area contributed by atoms with Crippen molar-refractivity contribution in [3.8, 4) is 0 Å². The summed E-state index contributed by atoms with van der Waals surface area (Å²) in [4.78, 5) is 22.2. The largest absolute Gasteiger partial charge is 0.282 e. The molecule has 23 heavy (non-hydrogen) atoms. The summed E-state index contributed by atoms with van der Waals surface area (Å²) >= 11 is 5.72. The Morgan fingerprint density at radius 3 is 2.35 bits per heavy atom. The van der Waals surface area contributed by atoms with E-state index >= 15 is 0 Å². The topological polar surface area (TPSA) is 106 Å². The highest BCUT2D eigenvalue weighted by Crippen LogP contribution is 2.23. The zero-order valence-corrected chi connectivity index (χ0v) is 13.4. The van der Waals surface area contributed by atoms with Gasteiger partial charge in [0.05, 0.1) is 9.82 Å². The van der Waals surface area contributed by atoms with E-state index in [0.29, 0.717) is 0 Å². The molecule has 0 aromatic heterocycles. The lowest BCUT2D eigenvalue weighted by molar-refractivity contribution is -0.385. The monoisotopic (exact) mass is 354 g/mol. The van der Waals surface area contributed by atoms with Crippen LogP contribution in [0, 0.1) is 17.0 Å². The molecule has 0 fully saturated rings. The number of rotatable bonds is 4. The van der Waals surface area contributed by atoms with E-state index in [0.717, 1.165) is 17.7 Å². The molecule has 0 saturated heterocycles. The lowest BCUT2D eigenvalue weighted by atomic mass is 10.2. The van der Waals surface area contributed by atoms with Gasteiger partial charge in [-0.05, 0) is 31.2 Å². The molecule has 0 spiro atoms. The van der Waals surface area contributed by atoms with Crippen molar-refractivity contribution in [2.45, 2.75) is 11.8 Å². The van der Waals surface area contributed by atoms with Gasteiger partial charge in [0.2, 0.25) is 0 Å². The average molecular weight is 355 g/mol. The zero-order valence-electron chi connectivity index (χ0n) is 11.8. The third-order valence-electron chi connectivity index (χ3n) is 2.96. The molecule has 0 heterocycles. The molecule has 0 aliphatic rings. The van der Waals surface area contributed by atoms with Gasteiger partial charge < -0.3 is 0 Å². The highest BCUT2D eigenvalue weighted by Gasteiger charge is 2.25. The molecule has 1 N–H and O–H groups in total. The van der Waals surface area contributed by atoms with E-state index in [2.05, 4.69) is 0 Å². The number of nitrogens with one attached hydrogen (secondary N) is 1. The molecule has 0 aliphatic carbocycles. The van der Waals surface area contributed by atoms with E-state index in [1.807, 2.05) is 0 Å². The number of hydrogen-bond acceptors (Lipinski definition) is 5. The summed E-state index contributed by atoms with van der Waals surface area (Å²) < 4.78 is 26.1. The smallest absolute Gasteiger partial charge is 0.268 e. The number of nitro groups is 1. The number of nitrogens with zero attached hydrogens (tertiary/aromatic N) is 1. The van der Waals surface area contributed by atoms with Gasteiger partial charge in [-0.25, -0.2) is 13.1 Å². The quantitative estimate of drug-likeness (QED) is 0.671. The van der Waals surface area contributed by atoms with Crippen LogP contribution in [0.25, 0.3) is 0 Å². The van der Waals surface area contributed by atoms with Crippen LogP contribution in [0.5, 0.6) is 0 Å². The Morgan fingerprint density at radius 2 is 1.78 bits per heavy atom. The molecule has 2 aromatic rings. The number of aryl methyl sites for hydroxylation is 1. The Kier molecular flexibility index (Phi) is 4.67. The maximum atomic E-state index is 12.2. The predicted octanol–water partition coefficient (Wildman–Crippen LogP) is 2.68. The van der Waals surface area contributed by atoms with Crippen molar-refractivity contribution in [3.05, 3.63) is 68.7 Å². The van der Waals surface area contributed by atoms with Crippen molar-refractivity contribution in [1.82, 2.24) is 4.72 Å². The Bertz CT molecular complexity index is 879. The van der Waals surface area contributed by atoms with Gasteiger partial charge in [-0.1, -0.05) is 29.3 Å². The normalized spacial score (nSPS) is 11.0. The fourth-order valence-corrected chi connectivity index (χ4v) is 2.94. The van der Waals surface area contributed by atoms with E-state index in [1.165, 1.54) is 18.2 Å². The van der Waals surface area contributed by atoms with Gasteiger partial charge in [0, 0.05) is 11.1 Å². The lowest BCUT2D eigenvalue weighted by Crippen LogP contribution is -2.31. The number of halogens is 1. The summed E-state index contributed by atoms with van der Waals surface area (Å²) in [6, 6.07) is 9.12. The third kappa shape index (κ3) is 3.85. The number of nitro benzene ring substituents is 1. The van der Waals surface area contributed by atoms with E-state index in [1.54, 1.807) is 23.8 Å². The molecular formula is C14H11ClN2O5S. The Morgan fingerprint density at radius 1 is 1.17 bits per heavy atom. The molecule has 0 aliphatic heterocycles. The molecule has 0 unspecified atom stereocenters. The minimum Gasteiger partial charge on any atom is -0.268 e. The van der Waals surface area contributed by atoms with Gasteiger partial charge in [0.15, 0.2) is 0 Å². The summed E-state index contributed by atoms with van der Waals surface area (Å²) in [7, 11) is -4.14. The van der Waals surface area contributed by atoms with Crippen LogP contribution in [0.1, 0.15) is 15.9 Å². The van der Waals surface area contributed by atoms with Crippen molar-refractivity contribution in [3.63, 3.8) is 0 Å². The predicted molar refractivity (Wildman–Crippen MR) is 83.9 cm³/mol.